The number of nitrogens with one attached hydrogen (secondary N) is 1. The monoisotopic (exact) mass is 377 g/mol. The third kappa shape index (κ3) is 2.57. The predicted octanol–water partition coefficient (Wildman–Crippen LogP) is 3.35. The summed E-state index contributed by atoms with van der Waals surface area (Å²) in [7, 11) is 0. The van der Waals surface area contributed by atoms with Gasteiger partial charge in [0.15, 0.2) is 5.78 Å². The van der Waals surface area contributed by atoms with Crippen molar-refractivity contribution < 1.29 is 13.6 Å². The van der Waals surface area contributed by atoms with Crippen LogP contribution < -0.4 is 0 Å². The van der Waals surface area contributed by atoms with Crippen molar-refractivity contribution >= 4 is 23.4 Å². The van der Waals surface area contributed by atoms with Crippen LogP contribution in [-0.4, -0.2) is 39.4 Å². The molecule has 5 rings (SSSR count). The van der Waals surface area contributed by atoms with Gasteiger partial charge >= 0.3 is 0 Å². The highest BCUT2D eigenvalue weighted by Crippen LogP contribution is 2.41. The van der Waals surface area contributed by atoms with Crippen LogP contribution in [0.25, 0.3) is 0 Å². The lowest BCUT2D eigenvalue weighted by Gasteiger charge is -2.26. The standard InChI is InChI=1S/C20H13F2N5O/c21-11-3-1-10(2-4-11)14-7-23-15-6-12(22)5-13-16(28)8-24-19(17(13)15)18(14)20-25-9-26-27-20/h1-7,9,14,18H,8H2,(H,25,26,27). The molecule has 6 nitrogen and oxygen atoms in total. The fourth-order valence-corrected chi connectivity index (χ4v) is 3.80. The minimum absolute atomic E-state index is 0.0774. The molecule has 2 aliphatic rings. The molecule has 1 N–H and O–H groups in total. The predicted molar refractivity (Wildman–Crippen MR) is 98.6 cm³/mol. The van der Waals surface area contributed by atoms with Crippen LogP contribution in [0.4, 0.5) is 14.5 Å². The quantitative estimate of drug-likeness (QED) is 0.743. The molecule has 2 aliphatic heterocycles. The maximum atomic E-state index is 14.1. The van der Waals surface area contributed by atoms with Crippen molar-refractivity contribution in [1.29, 1.82) is 0 Å². The largest absolute Gasteiger partial charge is 0.292 e. The molecule has 0 spiro atoms. The lowest BCUT2D eigenvalue weighted by Crippen LogP contribution is -2.28. The number of benzene rings is 2. The minimum Gasteiger partial charge on any atom is -0.292 e. The molecule has 0 fully saturated rings. The third-order valence-electron chi connectivity index (χ3n) is 5.04. The first-order valence-corrected chi connectivity index (χ1v) is 8.68. The van der Waals surface area contributed by atoms with E-state index in [1.54, 1.807) is 18.3 Å². The van der Waals surface area contributed by atoms with Crippen molar-refractivity contribution in [3.8, 4) is 0 Å². The number of aromatic nitrogens is 3. The first-order valence-electron chi connectivity index (χ1n) is 8.68. The molecule has 138 valence electrons. The molecule has 3 aromatic rings. The summed E-state index contributed by atoms with van der Waals surface area (Å²) in [4.78, 5) is 25.6. The summed E-state index contributed by atoms with van der Waals surface area (Å²) in [5.74, 6) is -1.39. The number of carbonyl (C=O) groups is 1. The summed E-state index contributed by atoms with van der Waals surface area (Å²) in [6.07, 6.45) is 3.06. The fourth-order valence-electron chi connectivity index (χ4n) is 3.80. The number of rotatable bonds is 2. The highest BCUT2D eigenvalue weighted by Gasteiger charge is 2.38. The first-order chi connectivity index (χ1) is 13.6. The van der Waals surface area contributed by atoms with Gasteiger partial charge in [-0.25, -0.2) is 13.8 Å². The Morgan fingerprint density at radius 1 is 1.07 bits per heavy atom. The zero-order valence-corrected chi connectivity index (χ0v) is 14.4. The molecule has 3 heterocycles. The zero-order valence-electron chi connectivity index (χ0n) is 14.4. The number of aromatic amines is 1. The van der Waals surface area contributed by atoms with Gasteiger partial charge in [0.1, 0.15) is 30.3 Å². The van der Waals surface area contributed by atoms with Crippen molar-refractivity contribution in [3.63, 3.8) is 0 Å². The van der Waals surface area contributed by atoms with E-state index in [9.17, 15) is 13.6 Å². The van der Waals surface area contributed by atoms with Crippen LogP contribution in [0.1, 0.15) is 39.1 Å². The summed E-state index contributed by atoms with van der Waals surface area (Å²) in [5, 5.41) is 6.81. The van der Waals surface area contributed by atoms with E-state index in [0.29, 0.717) is 22.8 Å². The average molecular weight is 377 g/mol. The van der Waals surface area contributed by atoms with Gasteiger partial charge in [0.2, 0.25) is 0 Å². The summed E-state index contributed by atoms with van der Waals surface area (Å²) in [5.41, 5.74) is 2.51. The van der Waals surface area contributed by atoms with Gasteiger partial charge in [-0.05, 0) is 23.8 Å². The van der Waals surface area contributed by atoms with Crippen molar-refractivity contribution in [3.05, 3.63) is 76.9 Å². The summed E-state index contributed by atoms with van der Waals surface area (Å²) < 4.78 is 27.5. The van der Waals surface area contributed by atoms with Crippen molar-refractivity contribution in [2.75, 3.05) is 6.54 Å². The van der Waals surface area contributed by atoms with Gasteiger partial charge in [-0.15, -0.1) is 0 Å². The topological polar surface area (TPSA) is 83.4 Å². The molecule has 2 aromatic carbocycles. The van der Waals surface area contributed by atoms with Crippen LogP contribution in [0.3, 0.4) is 0 Å². The molecule has 0 saturated carbocycles. The van der Waals surface area contributed by atoms with Gasteiger partial charge in [-0.1, -0.05) is 12.1 Å². The Balaban J connectivity index is 1.77. The second kappa shape index (κ2) is 6.26. The Labute approximate surface area is 158 Å². The van der Waals surface area contributed by atoms with E-state index in [1.165, 1.54) is 30.6 Å². The van der Waals surface area contributed by atoms with E-state index >= 15 is 0 Å². The van der Waals surface area contributed by atoms with Crippen LogP contribution in [0.5, 0.6) is 0 Å². The van der Waals surface area contributed by atoms with Crippen molar-refractivity contribution in [2.45, 2.75) is 11.8 Å². The second-order valence-electron chi connectivity index (χ2n) is 6.68. The second-order valence-corrected chi connectivity index (χ2v) is 6.68. The van der Waals surface area contributed by atoms with Gasteiger partial charge in [-0.3, -0.25) is 19.9 Å². The number of nitrogens with zero attached hydrogens (tertiary/aromatic N) is 4. The number of ketones is 1. The number of hydrogen-bond acceptors (Lipinski definition) is 5. The van der Waals surface area contributed by atoms with Gasteiger partial charge in [-0.2, -0.15) is 5.10 Å². The average Bonchev–Trinajstić information content (AvgIpc) is 3.16. The van der Waals surface area contributed by atoms with Crippen LogP contribution in [0.15, 0.2) is 52.7 Å². The minimum atomic E-state index is -0.531. The summed E-state index contributed by atoms with van der Waals surface area (Å²) in [6.45, 7) is -0.0774. The van der Waals surface area contributed by atoms with Crippen LogP contribution in [0.2, 0.25) is 0 Å². The SMILES string of the molecule is O=C1CN=C2c3c(cc(F)cc31)N=CC(c1ccc(F)cc1)C2c1ncn[nH]1. The molecule has 2 unspecified atom stereocenters. The molecule has 0 aliphatic carbocycles. The van der Waals surface area contributed by atoms with Gasteiger partial charge in [0.25, 0.3) is 0 Å². The number of H-pyrrole nitrogens is 1. The van der Waals surface area contributed by atoms with Crippen molar-refractivity contribution in [2.24, 2.45) is 9.98 Å². The Hall–Kier alpha value is -3.55. The molecular weight excluding hydrogens is 364 g/mol. The molecule has 0 radical (unpaired) electrons. The Kier molecular flexibility index (Phi) is 3.71. The normalized spacial score (nSPS) is 20.5. The molecule has 2 atom stereocenters. The highest BCUT2D eigenvalue weighted by atomic mass is 19.1. The molecule has 0 bridgehead atoms. The van der Waals surface area contributed by atoms with Gasteiger partial charge in [0, 0.05) is 29.3 Å². The number of carbonyl (C=O) groups excluding carboxylic acids is 1. The third-order valence-corrected chi connectivity index (χ3v) is 5.04. The number of Topliss-reactive ketones (excluding diaryl/α,β-unsaturated/α-hetero) is 1. The fraction of sp³-hybridized carbons (Fsp3) is 0.150. The smallest absolute Gasteiger partial charge is 0.185 e. The van der Waals surface area contributed by atoms with E-state index in [-0.39, 0.29) is 29.6 Å². The molecule has 8 heteroatoms. The Morgan fingerprint density at radius 3 is 2.64 bits per heavy atom. The maximum Gasteiger partial charge on any atom is 0.185 e. The Morgan fingerprint density at radius 2 is 1.89 bits per heavy atom. The molecule has 1 aromatic heterocycles. The lowest BCUT2D eigenvalue weighted by atomic mass is 9.79. The first kappa shape index (κ1) is 16.6. The maximum absolute atomic E-state index is 14.1. The molecule has 0 saturated heterocycles. The van der Waals surface area contributed by atoms with Crippen LogP contribution >= 0.6 is 0 Å². The number of aliphatic imine (C=N–C) groups is 2. The van der Waals surface area contributed by atoms with Crippen LogP contribution in [-0.2, 0) is 0 Å². The van der Waals surface area contributed by atoms with E-state index in [0.717, 1.165) is 5.56 Å². The molecule has 0 amide bonds. The lowest BCUT2D eigenvalue weighted by molar-refractivity contribution is 0.0999. The summed E-state index contributed by atoms with van der Waals surface area (Å²) >= 11 is 0. The van der Waals surface area contributed by atoms with Gasteiger partial charge < -0.3 is 0 Å². The van der Waals surface area contributed by atoms with Crippen LogP contribution in [0, 0.1) is 11.6 Å². The molecule has 28 heavy (non-hydrogen) atoms. The van der Waals surface area contributed by atoms with E-state index in [2.05, 4.69) is 25.2 Å². The number of hydrogen-bond donors (Lipinski definition) is 1. The van der Waals surface area contributed by atoms with Crippen molar-refractivity contribution in [1.82, 2.24) is 15.2 Å². The molecular formula is C20H13F2N5O. The zero-order chi connectivity index (χ0) is 19.3. The van der Waals surface area contributed by atoms with E-state index < -0.39 is 11.7 Å². The summed E-state index contributed by atoms with van der Waals surface area (Å²) in [6, 6.07) is 8.59. The Bertz CT molecular complexity index is 1140. The van der Waals surface area contributed by atoms with Gasteiger partial charge in [0.05, 0.1) is 17.3 Å². The number of halogens is 2. The highest BCUT2D eigenvalue weighted by molar-refractivity contribution is 6.21. The van der Waals surface area contributed by atoms with E-state index in [4.69, 9.17) is 0 Å². The van der Waals surface area contributed by atoms with E-state index in [1.807, 2.05) is 0 Å².